The van der Waals surface area contributed by atoms with Crippen molar-refractivity contribution < 1.29 is 23.8 Å². The average Bonchev–Trinajstić information content (AvgIpc) is 2.56. The molecule has 1 aliphatic heterocycles. The van der Waals surface area contributed by atoms with Crippen LogP contribution in [0.5, 0.6) is 5.75 Å². The van der Waals surface area contributed by atoms with Crippen LogP contribution in [0.25, 0.3) is 0 Å². The Morgan fingerprint density at radius 3 is 2.73 bits per heavy atom. The Hall–Kier alpha value is -1.73. The number of hydrogen-bond acceptors (Lipinski definition) is 6. The van der Waals surface area contributed by atoms with Crippen LogP contribution in [0.2, 0.25) is 0 Å². The minimum Gasteiger partial charge on any atom is -0.492 e. The van der Waals surface area contributed by atoms with Crippen molar-refractivity contribution in [3.63, 3.8) is 0 Å². The third-order valence-corrected chi connectivity index (χ3v) is 3.78. The number of thiol groups is 1. The molecule has 1 aromatic rings. The minimum atomic E-state index is -0.346. The van der Waals surface area contributed by atoms with Crippen molar-refractivity contribution in [2.75, 3.05) is 40.0 Å². The number of carbonyl (C=O) groups is 2. The van der Waals surface area contributed by atoms with Gasteiger partial charge in [-0.3, -0.25) is 9.59 Å². The maximum Gasteiger partial charge on any atom is 0.308 e. The zero-order chi connectivity index (χ0) is 15.9. The first-order valence-electron chi connectivity index (χ1n) is 7.02. The van der Waals surface area contributed by atoms with E-state index < -0.39 is 0 Å². The summed E-state index contributed by atoms with van der Waals surface area (Å²) >= 11 is 4.40. The molecule has 1 aliphatic rings. The largest absolute Gasteiger partial charge is 0.492 e. The van der Waals surface area contributed by atoms with E-state index in [1.165, 1.54) is 7.11 Å². The van der Waals surface area contributed by atoms with Gasteiger partial charge in [-0.2, -0.15) is 0 Å². The van der Waals surface area contributed by atoms with Crippen molar-refractivity contribution in [3.05, 3.63) is 23.8 Å². The second-order valence-electron chi connectivity index (χ2n) is 4.73. The van der Waals surface area contributed by atoms with E-state index in [2.05, 4.69) is 17.4 Å². The Morgan fingerprint density at radius 2 is 2.05 bits per heavy atom. The van der Waals surface area contributed by atoms with Crippen LogP contribution in [0.3, 0.4) is 0 Å². The Balaban J connectivity index is 2.04. The van der Waals surface area contributed by atoms with Gasteiger partial charge < -0.3 is 19.1 Å². The van der Waals surface area contributed by atoms with E-state index in [9.17, 15) is 9.59 Å². The standard InChI is InChI=1S/C15H19NO5S/c1-19-13(17)5-8-21-12-4-2-3-11(14(12)22)15(18)16-6-9-20-10-7-16/h2-4,22H,5-10H2,1H3. The lowest BCUT2D eigenvalue weighted by atomic mass is 10.1. The number of hydrogen-bond donors (Lipinski definition) is 1. The van der Waals surface area contributed by atoms with E-state index in [1.54, 1.807) is 23.1 Å². The fourth-order valence-corrected chi connectivity index (χ4v) is 2.40. The minimum absolute atomic E-state index is 0.0910. The van der Waals surface area contributed by atoms with Gasteiger partial charge in [-0.25, -0.2) is 0 Å². The SMILES string of the molecule is COC(=O)CCOc1cccc(C(=O)N2CCOCC2)c1S. The zero-order valence-electron chi connectivity index (χ0n) is 12.4. The first kappa shape index (κ1) is 16.6. The van der Waals surface area contributed by atoms with Gasteiger partial charge in [0.15, 0.2) is 0 Å². The monoisotopic (exact) mass is 325 g/mol. The number of ether oxygens (including phenoxy) is 3. The number of nitrogens with zero attached hydrogens (tertiary/aromatic N) is 1. The van der Waals surface area contributed by atoms with Gasteiger partial charge in [-0.1, -0.05) is 6.07 Å². The van der Waals surface area contributed by atoms with Gasteiger partial charge in [0, 0.05) is 13.1 Å². The predicted octanol–water partition coefficient (Wildman–Crippen LogP) is 1.39. The fourth-order valence-electron chi connectivity index (χ4n) is 2.09. The van der Waals surface area contributed by atoms with Crippen LogP contribution in [0.15, 0.2) is 23.1 Å². The Bertz CT molecular complexity index is 543. The molecule has 0 bridgehead atoms. The second-order valence-corrected chi connectivity index (χ2v) is 5.18. The summed E-state index contributed by atoms with van der Waals surface area (Å²) in [5.41, 5.74) is 0.487. The first-order valence-corrected chi connectivity index (χ1v) is 7.47. The lowest BCUT2D eigenvalue weighted by Gasteiger charge is -2.27. The second kappa shape index (κ2) is 8.05. The highest BCUT2D eigenvalue weighted by Gasteiger charge is 2.21. The number of esters is 1. The summed E-state index contributed by atoms with van der Waals surface area (Å²) in [5.74, 6) is 0.0410. The normalized spacial score (nSPS) is 14.5. The summed E-state index contributed by atoms with van der Waals surface area (Å²) in [5, 5.41) is 0. The topological polar surface area (TPSA) is 65.1 Å². The van der Waals surface area contributed by atoms with Crippen molar-refractivity contribution in [1.29, 1.82) is 0 Å². The molecule has 0 N–H and O–H groups in total. The van der Waals surface area contributed by atoms with E-state index in [4.69, 9.17) is 9.47 Å². The highest BCUT2D eigenvalue weighted by molar-refractivity contribution is 7.80. The molecule has 120 valence electrons. The number of amides is 1. The zero-order valence-corrected chi connectivity index (χ0v) is 13.3. The Labute approximate surface area is 134 Å². The Kier molecular flexibility index (Phi) is 6.09. The third-order valence-electron chi connectivity index (χ3n) is 3.32. The molecule has 0 atom stereocenters. The van der Waals surface area contributed by atoms with Crippen molar-refractivity contribution in [2.24, 2.45) is 0 Å². The van der Waals surface area contributed by atoms with Crippen molar-refractivity contribution in [1.82, 2.24) is 4.90 Å². The van der Waals surface area contributed by atoms with Gasteiger partial charge in [0.1, 0.15) is 5.75 Å². The molecule has 1 saturated heterocycles. The first-order chi connectivity index (χ1) is 10.6. The quantitative estimate of drug-likeness (QED) is 0.655. The number of benzene rings is 1. The predicted molar refractivity (Wildman–Crippen MR) is 82.5 cm³/mol. The highest BCUT2D eigenvalue weighted by atomic mass is 32.1. The molecular formula is C15H19NO5S. The maximum absolute atomic E-state index is 12.5. The molecule has 22 heavy (non-hydrogen) atoms. The summed E-state index contributed by atoms with van der Waals surface area (Å²) < 4.78 is 15.3. The van der Waals surface area contributed by atoms with Gasteiger partial charge in [-0.15, -0.1) is 12.6 Å². The molecular weight excluding hydrogens is 306 g/mol. The van der Waals surface area contributed by atoms with Crippen LogP contribution in [0.4, 0.5) is 0 Å². The van der Waals surface area contributed by atoms with Gasteiger partial charge in [0.25, 0.3) is 5.91 Å². The van der Waals surface area contributed by atoms with Crippen LogP contribution in [-0.2, 0) is 14.3 Å². The molecule has 7 heteroatoms. The van der Waals surface area contributed by atoms with E-state index in [0.717, 1.165) is 0 Å². The number of rotatable bonds is 5. The maximum atomic E-state index is 12.5. The summed E-state index contributed by atoms with van der Waals surface area (Å²) in [7, 11) is 1.33. The molecule has 0 aliphatic carbocycles. The average molecular weight is 325 g/mol. The summed E-state index contributed by atoms with van der Waals surface area (Å²) in [6.07, 6.45) is 0.144. The highest BCUT2D eigenvalue weighted by Crippen LogP contribution is 2.27. The molecule has 0 unspecified atom stereocenters. The van der Waals surface area contributed by atoms with Crippen molar-refractivity contribution >= 4 is 24.5 Å². The lowest BCUT2D eigenvalue weighted by molar-refractivity contribution is -0.141. The molecule has 1 aromatic carbocycles. The van der Waals surface area contributed by atoms with Gasteiger partial charge in [-0.05, 0) is 12.1 Å². The number of morpholine rings is 1. The van der Waals surface area contributed by atoms with Crippen LogP contribution in [0.1, 0.15) is 16.8 Å². The van der Waals surface area contributed by atoms with E-state index in [1.807, 2.05) is 0 Å². The van der Waals surface area contributed by atoms with Crippen LogP contribution >= 0.6 is 12.6 Å². The molecule has 1 fully saturated rings. The summed E-state index contributed by atoms with van der Waals surface area (Å²) in [4.78, 5) is 25.8. The molecule has 0 radical (unpaired) electrons. The molecule has 2 rings (SSSR count). The molecule has 0 aromatic heterocycles. The fraction of sp³-hybridized carbons (Fsp3) is 0.467. The molecule has 0 spiro atoms. The molecule has 0 saturated carbocycles. The van der Waals surface area contributed by atoms with Crippen LogP contribution in [0, 0.1) is 0 Å². The Morgan fingerprint density at radius 1 is 1.32 bits per heavy atom. The number of carbonyl (C=O) groups excluding carboxylic acids is 2. The summed E-state index contributed by atoms with van der Waals surface area (Å²) in [6, 6.07) is 5.17. The smallest absolute Gasteiger partial charge is 0.308 e. The van der Waals surface area contributed by atoms with E-state index >= 15 is 0 Å². The molecule has 6 nitrogen and oxygen atoms in total. The van der Waals surface area contributed by atoms with Gasteiger partial charge in [0.2, 0.25) is 0 Å². The van der Waals surface area contributed by atoms with Gasteiger partial charge >= 0.3 is 5.97 Å². The van der Waals surface area contributed by atoms with Gasteiger partial charge in [0.05, 0.1) is 43.8 Å². The number of methoxy groups -OCH3 is 1. The molecule has 1 heterocycles. The lowest BCUT2D eigenvalue weighted by Crippen LogP contribution is -2.40. The van der Waals surface area contributed by atoms with Crippen molar-refractivity contribution in [2.45, 2.75) is 11.3 Å². The summed E-state index contributed by atoms with van der Waals surface area (Å²) in [6.45, 7) is 2.40. The van der Waals surface area contributed by atoms with Crippen LogP contribution in [-0.4, -0.2) is 56.8 Å². The van der Waals surface area contributed by atoms with Crippen LogP contribution < -0.4 is 4.74 Å². The molecule has 1 amide bonds. The third kappa shape index (κ3) is 4.14. The van der Waals surface area contributed by atoms with E-state index in [0.29, 0.717) is 42.5 Å². The van der Waals surface area contributed by atoms with E-state index in [-0.39, 0.29) is 24.9 Å². The van der Waals surface area contributed by atoms with Crippen molar-refractivity contribution in [3.8, 4) is 5.75 Å².